The lowest BCUT2D eigenvalue weighted by atomic mass is 9.96. The van der Waals surface area contributed by atoms with Gasteiger partial charge in [-0.2, -0.15) is 14.9 Å². The Labute approximate surface area is 196 Å². The van der Waals surface area contributed by atoms with Gasteiger partial charge >= 0.3 is 11.3 Å². The van der Waals surface area contributed by atoms with Crippen molar-refractivity contribution in [2.24, 2.45) is 11.0 Å². The first-order chi connectivity index (χ1) is 15.8. The van der Waals surface area contributed by atoms with E-state index in [4.69, 9.17) is 16.7 Å². The average Bonchev–Trinajstić information content (AvgIpc) is 3.34. The van der Waals surface area contributed by atoms with Gasteiger partial charge in [0.15, 0.2) is 5.82 Å². The molecule has 4 aromatic rings. The molecule has 4 rings (SSSR count). The zero-order valence-corrected chi connectivity index (χ0v) is 19.9. The molecule has 170 valence electrons. The second kappa shape index (κ2) is 9.50. The number of benzene rings is 2. The Morgan fingerprint density at radius 2 is 1.85 bits per heavy atom. The van der Waals surface area contributed by atoms with Crippen molar-refractivity contribution < 1.29 is 9.20 Å². The van der Waals surface area contributed by atoms with Crippen LogP contribution in [0.25, 0.3) is 5.69 Å². The molecule has 0 aliphatic heterocycles. The Bertz CT molecular complexity index is 1370. The maximum absolute atomic E-state index is 12.3. The van der Waals surface area contributed by atoms with Crippen molar-refractivity contribution in [3.05, 3.63) is 91.9 Å². The quantitative estimate of drug-likeness (QED) is 0.246. The number of hydrogen-bond donors (Lipinski definition) is 2. The molecular weight excluding hydrogens is 436 g/mol. The van der Waals surface area contributed by atoms with Crippen molar-refractivity contribution in [2.75, 3.05) is 0 Å². The van der Waals surface area contributed by atoms with Gasteiger partial charge < -0.3 is 0 Å². The third-order valence-corrected chi connectivity index (χ3v) is 5.72. The first-order valence-corrected chi connectivity index (χ1v) is 11.3. The molecule has 0 saturated carbocycles. The van der Waals surface area contributed by atoms with Crippen molar-refractivity contribution in [1.29, 1.82) is 0 Å². The second-order valence-corrected chi connectivity index (χ2v) is 8.93. The molecule has 0 saturated heterocycles. The van der Waals surface area contributed by atoms with E-state index in [-0.39, 0.29) is 11.6 Å². The van der Waals surface area contributed by atoms with E-state index in [1.807, 2.05) is 38.1 Å². The molecule has 0 bridgehead atoms. The Hall–Kier alpha value is -3.59. The Balaban J connectivity index is 1.65. The van der Waals surface area contributed by atoms with Gasteiger partial charge in [-0.05, 0) is 52.6 Å². The SMILES string of the molecule is Cc1ccc(-[n+]2[nH]oc(=O)c2/C=N/n2c(C(C)c3ccc(CC(C)C)cc3)n[nH]c2=S)cc1. The highest BCUT2D eigenvalue weighted by Crippen LogP contribution is 2.23. The van der Waals surface area contributed by atoms with Crippen molar-refractivity contribution in [2.45, 2.75) is 40.0 Å². The maximum Gasteiger partial charge on any atom is 0.436 e. The lowest BCUT2D eigenvalue weighted by Gasteiger charge is -2.12. The van der Waals surface area contributed by atoms with Gasteiger partial charge in [0, 0.05) is 18.1 Å². The molecule has 0 spiro atoms. The first kappa shape index (κ1) is 22.6. The van der Waals surface area contributed by atoms with Crippen LogP contribution in [0.5, 0.6) is 0 Å². The molecule has 0 aliphatic carbocycles. The third-order valence-electron chi connectivity index (χ3n) is 5.45. The summed E-state index contributed by atoms with van der Waals surface area (Å²) in [5, 5.41) is 14.3. The van der Waals surface area contributed by atoms with Crippen molar-refractivity contribution >= 4 is 18.4 Å². The van der Waals surface area contributed by atoms with Crippen LogP contribution in [-0.4, -0.2) is 26.4 Å². The van der Waals surface area contributed by atoms with Crippen LogP contribution in [0.3, 0.4) is 0 Å². The topological polar surface area (TPSA) is 95.8 Å². The summed E-state index contributed by atoms with van der Waals surface area (Å²) < 4.78 is 8.41. The summed E-state index contributed by atoms with van der Waals surface area (Å²) >= 11 is 5.39. The molecule has 0 amide bonds. The number of aromatic nitrogens is 5. The van der Waals surface area contributed by atoms with Gasteiger partial charge in [0.1, 0.15) is 6.21 Å². The van der Waals surface area contributed by atoms with Gasteiger partial charge in [-0.15, -0.1) is 0 Å². The van der Waals surface area contributed by atoms with E-state index >= 15 is 0 Å². The van der Waals surface area contributed by atoms with E-state index in [0.717, 1.165) is 23.2 Å². The zero-order valence-electron chi connectivity index (χ0n) is 19.1. The van der Waals surface area contributed by atoms with Gasteiger partial charge in [0.25, 0.3) is 0 Å². The fraction of sp³-hybridized carbons (Fsp3) is 0.292. The Morgan fingerprint density at radius 1 is 1.15 bits per heavy atom. The summed E-state index contributed by atoms with van der Waals surface area (Å²) in [7, 11) is 0. The molecule has 9 heteroatoms. The van der Waals surface area contributed by atoms with Gasteiger partial charge in [-0.25, -0.2) is 4.79 Å². The van der Waals surface area contributed by atoms with Gasteiger partial charge in [-0.3, -0.25) is 9.62 Å². The molecule has 2 heterocycles. The number of hydrogen-bond acceptors (Lipinski definition) is 5. The molecule has 33 heavy (non-hydrogen) atoms. The highest BCUT2D eigenvalue weighted by atomic mass is 32.1. The molecule has 2 aromatic carbocycles. The Morgan fingerprint density at radius 3 is 2.52 bits per heavy atom. The molecular formula is C24H27N6O2S+. The molecule has 0 fully saturated rings. The third kappa shape index (κ3) is 4.93. The summed E-state index contributed by atoms with van der Waals surface area (Å²) in [4.78, 5) is 12.3. The lowest BCUT2D eigenvalue weighted by Crippen LogP contribution is -2.38. The van der Waals surface area contributed by atoms with Crippen molar-refractivity contribution in [3.8, 4) is 5.69 Å². The number of aryl methyl sites for hydroxylation is 1. The van der Waals surface area contributed by atoms with Crippen LogP contribution >= 0.6 is 12.2 Å². The smallest absolute Gasteiger partial charge is 0.282 e. The lowest BCUT2D eigenvalue weighted by molar-refractivity contribution is -0.671. The highest BCUT2D eigenvalue weighted by Gasteiger charge is 2.22. The van der Waals surface area contributed by atoms with E-state index in [2.05, 4.69) is 58.7 Å². The molecule has 8 nitrogen and oxygen atoms in total. The average molecular weight is 464 g/mol. The normalized spacial score (nSPS) is 12.6. The van der Waals surface area contributed by atoms with Crippen LogP contribution in [0.1, 0.15) is 54.9 Å². The number of H-pyrrole nitrogens is 2. The van der Waals surface area contributed by atoms with Gasteiger partial charge in [-0.1, -0.05) is 62.7 Å². The van der Waals surface area contributed by atoms with Crippen LogP contribution in [0, 0.1) is 17.6 Å². The van der Waals surface area contributed by atoms with Crippen molar-refractivity contribution in [1.82, 2.24) is 20.1 Å². The van der Waals surface area contributed by atoms with Crippen molar-refractivity contribution in [3.63, 3.8) is 0 Å². The number of rotatable bonds is 7. The molecule has 0 aliphatic rings. The van der Waals surface area contributed by atoms with Gasteiger partial charge in [0.05, 0.1) is 0 Å². The van der Waals surface area contributed by atoms with E-state index in [0.29, 0.717) is 16.5 Å². The minimum absolute atomic E-state index is 0.0601. The zero-order chi connectivity index (χ0) is 23.5. The van der Waals surface area contributed by atoms with Crippen LogP contribution in [0.4, 0.5) is 0 Å². The molecule has 2 N–H and O–H groups in total. The molecule has 1 unspecified atom stereocenters. The van der Waals surface area contributed by atoms with Gasteiger partial charge in [0.2, 0.25) is 10.5 Å². The number of nitrogens with one attached hydrogen (secondary N) is 2. The standard InChI is InChI=1S/C24H26N6O2S/c1-15(2)13-18-7-9-19(10-8-18)17(4)22-26-27-24(33)30(22)25-14-21-23(31)32-28-29(21)20-11-5-16(3)6-12-20/h5-12,14-15,17H,13H2,1-4H3,(H-,25,27,28,31,33)/p+1. The Kier molecular flexibility index (Phi) is 6.50. The molecule has 2 aromatic heterocycles. The van der Waals surface area contributed by atoms with Crippen LogP contribution in [0.2, 0.25) is 0 Å². The first-order valence-electron chi connectivity index (χ1n) is 10.8. The second-order valence-electron chi connectivity index (χ2n) is 8.54. The van der Waals surface area contributed by atoms with E-state index in [9.17, 15) is 4.79 Å². The molecule has 1 atom stereocenters. The minimum atomic E-state index is -0.537. The molecule has 0 radical (unpaired) electrons. The number of nitrogens with zero attached hydrogens (tertiary/aromatic N) is 4. The van der Waals surface area contributed by atoms with Crippen LogP contribution in [-0.2, 0) is 6.42 Å². The monoisotopic (exact) mass is 463 g/mol. The van der Waals surface area contributed by atoms with Crippen LogP contribution in [0.15, 0.2) is 62.9 Å². The summed E-state index contributed by atoms with van der Waals surface area (Å²) in [6.07, 6.45) is 2.47. The summed E-state index contributed by atoms with van der Waals surface area (Å²) in [6, 6.07) is 16.2. The van der Waals surface area contributed by atoms with E-state index in [1.54, 1.807) is 0 Å². The summed E-state index contributed by atoms with van der Waals surface area (Å²) in [5.41, 5.74) is 3.96. The van der Waals surface area contributed by atoms with E-state index in [1.165, 1.54) is 21.1 Å². The maximum atomic E-state index is 12.3. The predicted octanol–water partition coefficient (Wildman–Crippen LogP) is 4.04. The largest absolute Gasteiger partial charge is 0.436 e. The summed E-state index contributed by atoms with van der Waals surface area (Å²) in [5.74, 6) is 1.19. The van der Waals surface area contributed by atoms with E-state index < -0.39 is 5.63 Å². The minimum Gasteiger partial charge on any atom is -0.282 e. The van der Waals surface area contributed by atoms with Crippen LogP contribution < -0.4 is 10.3 Å². The number of aromatic amines is 2. The highest BCUT2D eigenvalue weighted by molar-refractivity contribution is 7.71. The predicted molar refractivity (Wildman–Crippen MR) is 129 cm³/mol. The fourth-order valence-corrected chi connectivity index (χ4v) is 3.83. The fourth-order valence-electron chi connectivity index (χ4n) is 3.65. The summed E-state index contributed by atoms with van der Waals surface area (Å²) in [6.45, 7) is 8.46.